The molecule has 1 amide bonds. The zero-order chi connectivity index (χ0) is 10.8. The van der Waals surface area contributed by atoms with E-state index in [1.165, 1.54) is 0 Å². The SMILES string of the molecule is CCC(=N)N1CCC2NC(=O)CCC2C1. The van der Waals surface area contributed by atoms with Crippen molar-refractivity contribution < 1.29 is 4.79 Å². The maximum absolute atomic E-state index is 11.2. The molecule has 15 heavy (non-hydrogen) atoms. The van der Waals surface area contributed by atoms with Gasteiger partial charge in [0.15, 0.2) is 0 Å². The summed E-state index contributed by atoms with van der Waals surface area (Å²) in [4.78, 5) is 13.4. The van der Waals surface area contributed by atoms with Gasteiger partial charge in [0.05, 0.1) is 5.84 Å². The van der Waals surface area contributed by atoms with Crippen LogP contribution in [0, 0.1) is 11.3 Å². The molecular formula is C11H19N3O. The second kappa shape index (κ2) is 4.21. The van der Waals surface area contributed by atoms with Crippen molar-refractivity contribution in [1.29, 1.82) is 5.41 Å². The van der Waals surface area contributed by atoms with Crippen molar-refractivity contribution in [2.24, 2.45) is 5.92 Å². The number of carbonyl (C=O) groups excluding carboxylic acids is 1. The molecule has 0 aromatic heterocycles. The van der Waals surface area contributed by atoms with Gasteiger partial charge in [0.25, 0.3) is 0 Å². The van der Waals surface area contributed by atoms with Crippen LogP contribution in [-0.2, 0) is 4.79 Å². The number of nitrogens with zero attached hydrogens (tertiary/aromatic N) is 1. The lowest BCUT2D eigenvalue weighted by molar-refractivity contribution is -0.125. The summed E-state index contributed by atoms with van der Waals surface area (Å²) in [7, 11) is 0. The van der Waals surface area contributed by atoms with Crippen LogP contribution < -0.4 is 5.32 Å². The maximum Gasteiger partial charge on any atom is 0.220 e. The molecule has 2 saturated heterocycles. The second-order valence-corrected chi connectivity index (χ2v) is 4.51. The van der Waals surface area contributed by atoms with Gasteiger partial charge in [-0.1, -0.05) is 6.92 Å². The van der Waals surface area contributed by atoms with Crippen molar-refractivity contribution in [3.8, 4) is 0 Å². The predicted octanol–water partition coefficient (Wildman–Crippen LogP) is 0.974. The van der Waals surface area contributed by atoms with Crippen LogP contribution in [0.3, 0.4) is 0 Å². The predicted molar refractivity (Wildman–Crippen MR) is 58.9 cm³/mol. The maximum atomic E-state index is 11.2. The molecule has 2 atom stereocenters. The van der Waals surface area contributed by atoms with E-state index in [9.17, 15) is 4.79 Å². The number of likely N-dealkylation sites (tertiary alicyclic amines) is 1. The molecule has 0 spiro atoms. The Kier molecular flexibility index (Phi) is 2.93. The molecule has 2 N–H and O–H groups in total. The molecule has 2 aliphatic rings. The summed E-state index contributed by atoms with van der Waals surface area (Å²) in [6.07, 6.45) is 3.46. The third-order valence-corrected chi connectivity index (χ3v) is 3.54. The number of hydrogen-bond acceptors (Lipinski definition) is 2. The van der Waals surface area contributed by atoms with E-state index < -0.39 is 0 Å². The number of nitrogens with one attached hydrogen (secondary N) is 2. The number of fused-ring (bicyclic) bond motifs is 1. The Morgan fingerprint density at radius 1 is 1.60 bits per heavy atom. The topological polar surface area (TPSA) is 56.2 Å². The van der Waals surface area contributed by atoms with E-state index in [4.69, 9.17) is 5.41 Å². The summed E-state index contributed by atoms with van der Waals surface area (Å²) in [5.41, 5.74) is 0. The standard InChI is InChI=1S/C11H19N3O/c1-2-10(12)14-6-5-9-8(7-14)3-4-11(15)13-9/h8-9,12H,2-7H2,1H3,(H,13,15). The summed E-state index contributed by atoms with van der Waals surface area (Å²) in [6.45, 7) is 3.91. The number of rotatable bonds is 1. The van der Waals surface area contributed by atoms with Crippen molar-refractivity contribution in [3.63, 3.8) is 0 Å². The fraction of sp³-hybridized carbons (Fsp3) is 0.818. The average molecular weight is 209 g/mol. The molecule has 2 fully saturated rings. The van der Waals surface area contributed by atoms with Gasteiger partial charge in [0.2, 0.25) is 5.91 Å². The van der Waals surface area contributed by atoms with Crippen molar-refractivity contribution in [2.45, 2.75) is 38.6 Å². The van der Waals surface area contributed by atoms with E-state index in [1.54, 1.807) is 0 Å². The molecule has 0 bridgehead atoms. The number of piperidine rings is 2. The first-order valence-corrected chi connectivity index (χ1v) is 5.82. The van der Waals surface area contributed by atoms with E-state index in [2.05, 4.69) is 10.2 Å². The molecule has 4 heteroatoms. The summed E-state index contributed by atoms with van der Waals surface area (Å²) in [6, 6.07) is 0.368. The highest BCUT2D eigenvalue weighted by Crippen LogP contribution is 2.25. The highest BCUT2D eigenvalue weighted by molar-refractivity contribution is 5.79. The molecular weight excluding hydrogens is 190 g/mol. The first kappa shape index (κ1) is 10.5. The summed E-state index contributed by atoms with van der Waals surface area (Å²) in [5.74, 6) is 1.50. The van der Waals surface area contributed by atoms with Crippen LogP contribution in [0.25, 0.3) is 0 Å². The molecule has 4 nitrogen and oxygen atoms in total. The number of amides is 1. The van der Waals surface area contributed by atoms with Crippen LogP contribution in [0.2, 0.25) is 0 Å². The average Bonchev–Trinajstić information content (AvgIpc) is 2.27. The molecule has 84 valence electrons. The highest BCUT2D eigenvalue weighted by atomic mass is 16.1. The molecule has 2 rings (SSSR count). The molecule has 2 heterocycles. The molecule has 2 unspecified atom stereocenters. The minimum Gasteiger partial charge on any atom is -0.360 e. The van der Waals surface area contributed by atoms with Crippen LogP contribution >= 0.6 is 0 Å². The minimum absolute atomic E-state index is 0.204. The Hall–Kier alpha value is -1.06. The Labute approximate surface area is 90.5 Å². The minimum atomic E-state index is 0.204. The van der Waals surface area contributed by atoms with Crippen LogP contribution in [0.4, 0.5) is 0 Å². The monoisotopic (exact) mass is 209 g/mol. The second-order valence-electron chi connectivity index (χ2n) is 4.51. The van der Waals surface area contributed by atoms with Gasteiger partial charge in [-0.25, -0.2) is 0 Å². The normalized spacial score (nSPS) is 30.7. The lowest BCUT2D eigenvalue weighted by Gasteiger charge is -2.42. The van der Waals surface area contributed by atoms with E-state index in [-0.39, 0.29) is 5.91 Å². The lowest BCUT2D eigenvalue weighted by atomic mass is 9.85. The molecule has 0 radical (unpaired) electrons. The van der Waals surface area contributed by atoms with Crippen LogP contribution in [0.15, 0.2) is 0 Å². The number of hydrogen-bond donors (Lipinski definition) is 2. The number of amidine groups is 1. The van der Waals surface area contributed by atoms with Gasteiger partial charge < -0.3 is 10.2 Å². The zero-order valence-corrected chi connectivity index (χ0v) is 9.25. The van der Waals surface area contributed by atoms with Crippen LogP contribution in [0.5, 0.6) is 0 Å². The Morgan fingerprint density at radius 2 is 2.40 bits per heavy atom. The smallest absolute Gasteiger partial charge is 0.220 e. The van der Waals surface area contributed by atoms with E-state index in [0.717, 1.165) is 38.2 Å². The van der Waals surface area contributed by atoms with Gasteiger partial charge in [-0.15, -0.1) is 0 Å². The molecule has 0 aromatic rings. The molecule has 0 aliphatic carbocycles. The van der Waals surface area contributed by atoms with Gasteiger partial charge in [0.1, 0.15) is 0 Å². The van der Waals surface area contributed by atoms with Gasteiger partial charge in [-0.2, -0.15) is 0 Å². The zero-order valence-electron chi connectivity index (χ0n) is 9.25. The van der Waals surface area contributed by atoms with Gasteiger partial charge in [0, 0.05) is 32.0 Å². The summed E-state index contributed by atoms with van der Waals surface area (Å²) < 4.78 is 0. The Balaban J connectivity index is 1.95. The van der Waals surface area contributed by atoms with Crippen molar-refractivity contribution >= 4 is 11.7 Å². The van der Waals surface area contributed by atoms with Crippen LogP contribution in [0.1, 0.15) is 32.6 Å². The summed E-state index contributed by atoms with van der Waals surface area (Å²) in [5, 5.41) is 10.9. The van der Waals surface area contributed by atoms with Crippen molar-refractivity contribution in [1.82, 2.24) is 10.2 Å². The van der Waals surface area contributed by atoms with Gasteiger partial charge in [-0.3, -0.25) is 10.2 Å². The van der Waals surface area contributed by atoms with Gasteiger partial charge in [-0.05, 0) is 18.8 Å². The number of carbonyl (C=O) groups is 1. The van der Waals surface area contributed by atoms with Crippen molar-refractivity contribution in [3.05, 3.63) is 0 Å². The fourth-order valence-corrected chi connectivity index (χ4v) is 2.58. The Morgan fingerprint density at radius 3 is 3.13 bits per heavy atom. The summed E-state index contributed by atoms with van der Waals surface area (Å²) >= 11 is 0. The molecule has 0 saturated carbocycles. The third kappa shape index (κ3) is 2.13. The van der Waals surface area contributed by atoms with Gasteiger partial charge >= 0.3 is 0 Å². The first-order chi connectivity index (χ1) is 7.20. The van der Waals surface area contributed by atoms with E-state index in [0.29, 0.717) is 18.4 Å². The first-order valence-electron chi connectivity index (χ1n) is 5.82. The quantitative estimate of drug-likeness (QED) is 0.499. The molecule has 0 aromatic carbocycles. The lowest BCUT2D eigenvalue weighted by Crippen LogP contribution is -2.54. The Bertz CT molecular complexity index is 277. The van der Waals surface area contributed by atoms with Crippen molar-refractivity contribution in [2.75, 3.05) is 13.1 Å². The van der Waals surface area contributed by atoms with E-state index >= 15 is 0 Å². The fourth-order valence-electron chi connectivity index (χ4n) is 2.58. The van der Waals surface area contributed by atoms with Crippen LogP contribution in [-0.4, -0.2) is 35.8 Å². The highest BCUT2D eigenvalue weighted by Gasteiger charge is 2.33. The molecule has 2 aliphatic heterocycles. The largest absolute Gasteiger partial charge is 0.360 e. The van der Waals surface area contributed by atoms with E-state index in [1.807, 2.05) is 6.92 Å². The third-order valence-electron chi connectivity index (χ3n) is 3.54.